The molecule has 0 aliphatic heterocycles. The van der Waals surface area contributed by atoms with Crippen molar-refractivity contribution in [2.24, 2.45) is 11.5 Å². The first-order valence-corrected chi connectivity index (χ1v) is 3.85. The average Bonchev–Trinajstić information content (AvgIpc) is 1.81. The lowest BCUT2D eigenvalue weighted by molar-refractivity contribution is 0.492. The van der Waals surface area contributed by atoms with Crippen LogP contribution in [0.25, 0.3) is 0 Å². The molecule has 2 nitrogen and oxygen atoms in total. The maximum absolute atomic E-state index is 5.96. The highest BCUT2D eigenvalue weighted by Crippen LogP contribution is 2.22. The molecule has 0 fully saturated rings. The van der Waals surface area contributed by atoms with Gasteiger partial charge in [0, 0.05) is 6.04 Å². The van der Waals surface area contributed by atoms with Crippen LogP contribution in [0, 0.1) is 0 Å². The lowest BCUT2D eigenvalue weighted by Crippen LogP contribution is -2.53. The summed E-state index contributed by atoms with van der Waals surface area (Å²) in [6, 6.07) is -0.0359. The molecule has 1 rings (SSSR count). The summed E-state index contributed by atoms with van der Waals surface area (Å²) in [5.41, 5.74) is 13.8. The van der Waals surface area contributed by atoms with E-state index in [0.717, 1.165) is 5.57 Å². The van der Waals surface area contributed by atoms with Gasteiger partial charge in [-0.3, -0.25) is 0 Å². The molecule has 0 aromatic heterocycles. The minimum Gasteiger partial charge on any atom is -0.322 e. The fraction of sp³-hybridized carbons (Fsp3) is 0.556. The summed E-state index contributed by atoms with van der Waals surface area (Å²) < 4.78 is 0. The molecule has 0 radical (unpaired) electrons. The van der Waals surface area contributed by atoms with E-state index in [-0.39, 0.29) is 11.6 Å². The molecule has 4 N–H and O–H groups in total. The maximum atomic E-state index is 5.96. The van der Waals surface area contributed by atoms with E-state index in [1.165, 1.54) is 5.57 Å². The van der Waals surface area contributed by atoms with Crippen LogP contribution in [0.15, 0.2) is 23.3 Å². The first-order chi connectivity index (χ1) is 4.93. The van der Waals surface area contributed by atoms with Crippen molar-refractivity contribution >= 4 is 0 Å². The summed E-state index contributed by atoms with van der Waals surface area (Å²) in [5.74, 6) is 0. The SMILES string of the molecule is CC1=CC(C)(N)C(N)C(C)=C1. The normalized spacial score (nSPS) is 38.1. The summed E-state index contributed by atoms with van der Waals surface area (Å²) in [6.07, 6.45) is 4.10. The summed E-state index contributed by atoms with van der Waals surface area (Å²) in [6.45, 7) is 6.02. The molecule has 0 heterocycles. The van der Waals surface area contributed by atoms with E-state index in [2.05, 4.69) is 6.08 Å². The van der Waals surface area contributed by atoms with Crippen LogP contribution in [0.2, 0.25) is 0 Å². The van der Waals surface area contributed by atoms with Crippen LogP contribution in [0.1, 0.15) is 20.8 Å². The Bertz CT molecular complexity index is 224. The Labute approximate surface area is 68.0 Å². The summed E-state index contributed by atoms with van der Waals surface area (Å²) in [5, 5.41) is 0. The van der Waals surface area contributed by atoms with Crippen LogP contribution in [0.5, 0.6) is 0 Å². The molecule has 0 amide bonds. The van der Waals surface area contributed by atoms with Crippen LogP contribution in [-0.2, 0) is 0 Å². The largest absolute Gasteiger partial charge is 0.322 e. The van der Waals surface area contributed by atoms with Gasteiger partial charge in [-0.1, -0.05) is 23.3 Å². The molecule has 11 heavy (non-hydrogen) atoms. The van der Waals surface area contributed by atoms with Gasteiger partial charge in [0.1, 0.15) is 0 Å². The fourth-order valence-corrected chi connectivity index (χ4v) is 1.56. The van der Waals surface area contributed by atoms with Crippen LogP contribution in [-0.4, -0.2) is 11.6 Å². The minimum absolute atomic E-state index is 0.0359. The van der Waals surface area contributed by atoms with Gasteiger partial charge in [-0.25, -0.2) is 0 Å². The van der Waals surface area contributed by atoms with Crippen LogP contribution < -0.4 is 11.5 Å². The predicted molar refractivity (Wildman–Crippen MR) is 48.1 cm³/mol. The first-order valence-electron chi connectivity index (χ1n) is 3.85. The van der Waals surface area contributed by atoms with Crippen molar-refractivity contribution in [1.82, 2.24) is 0 Å². The Hall–Kier alpha value is -0.600. The lowest BCUT2D eigenvalue weighted by Gasteiger charge is -2.32. The standard InChI is InChI=1S/C9H16N2/c1-6-4-7(2)8(10)9(3,11)5-6/h4-5,8H,10-11H2,1-3H3. The van der Waals surface area contributed by atoms with Crippen molar-refractivity contribution in [2.75, 3.05) is 0 Å². The predicted octanol–water partition coefficient (Wildman–Crippen LogP) is 0.937. The van der Waals surface area contributed by atoms with Crippen molar-refractivity contribution in [2.45, 2.75) is 32.4 Å². The molecule has 0 aromatic rings. The molecule has 2 unspecified atom stereocenters. The minimum atomic E-state index is -0.372. The molecule has 1 aliphatic rings. The third kappa shape index (κ3) is 1.52. The molecule has 2 atom stereocenters. The van der Waals surface area contributed by atoms with E-state index >= 15 is 0 Å². The fourth-order valence-electron chi connectivity index (χ4n) is 1.56. The van der Waals surface area contributed by atoms with Gasteiger partial charge in [-0.2, -0.15) is 0 Å². The van der Waals surface area contributed by atoms with E-state index < -0.39 is 0 Å². The van der Waals surface area contributed by atoms with Gasteiger partial charge >= 0.3 is 0 Å². The number of hydrogen-bond donors (Lipinski definition) is 2. The Balaban J connectivity index is 3.01. The van der Waals surface area contributed by atoms with Crippen LogP contribution >= 0.6 is 0 Å². The lowest BCUT2D eigenvalue weighted by atomic mass is 9.82. The Kier molecular flexibility index (Phi) is 1.90. The molecular formula is C9H16N2. The van der Waals surface area contributed by atoms with Crippen molar-refractivity contribution in [1.29, 1.82) is 0 Å². The van der Waals surface area contributed by atoms with Crippen molar-refractivity contribution in [3.63, 3.8) is 0 Å². The molecular weight excluding hydrogens is 136 g/mol. The molecule has 0 saturated heterocycles. The van der Waals surface area contributed by atoms with Gasteiger partial charge < -0.3 is 11.5 Å². The summed E-state index contributed by atoms with van der Waals surface area (Å²) in [4.78, 5) is 0. The number of allylic oxidation sites excluding steroid dienone is 2. The third-order valence-electron chi connectivity index (χ3n) is 2.15. The Morgan fingerprint density at radius 2 is 2.00 bits per heavy atom. The van der Waals surface area contributed by atoms with Gasteiger partial charge in [-0.05, 0) is 20.8 Å². The van der Waals surface area contributed by atoms with E-state index in [4.69, 9.17) is 11.5 Å². The van der Waals surface area contributed by atoms with E-state index in [1.807, 2.05) is 26.8 Å². The smallest absolute Gasteiger partial charge is 0.0508 e. The number of hydrogen-bond acceptors (Lipinski definition) is 2. The average molecular weight is 152 g/mol. The summed E-state index contributed by atoms with van der Waals surface area (Å²) >= 11 is 0. The Morgan fingerprint density at radius 3 is 2.45 bits per heavy atom. The zero-order chi connectivity index (χ0) is 8.65. The molecule has 0 aromatic carbocycles. The van der Waals surface area contributed by atoms with Crippen LogP contribution in [0.3, 0.4) is 0 Å². The van der Waals surface area contributed by atoms with Crippen molar-refractivity contribution in [3.05, 3.63) is 23.3 Å². The van der Waals surface area contributed by atoms with Gasteiger partial charge in [0.25, 0.3) is 0 Å². The molecule has 0 saturated carbocycles. The molecule has 2 heteroatoms. The highest BCUT2D eigenvalue weighted by atomic mass is 14.8. The van der Waals surface area contributed by atoms with E-state index in [9.17, 15) is 0 Å². The van der Waals surface area contributed by atoms with Crippen LogP contribution in [0.4, 0.5) is 0 Å². The quantitative estimate of drug-likeness (QED) is 0.542. The van der Waals surface area contributed by atoms with Crippen molar-refractivity contribution < 1.29 is 0 Å². The van der Waals surface area contributed by atoms with E-state index in [1.54, 1.807) is 0 Å². The maximum Gasteiger partial charge on any atom is 0.0508 e. The number of nitrogens with two attached hydrogens (primary N) is 2. The molecule has 0 bridgehead atoms. The zero-order valence-corrected chi connectivity index (χ0v) is 7.39. The van der Waals surface area contributed by atoms with Crippen molar-refractivity contribution in [3.8, 4) is 0 Å². The van der Waals surface area contributed by atoms with Gasteiger partial charge in [-0.15, -0.1) is 0 Å². The number of rotatable bonds is 0. The Morgan fingerprint density at radius 1 is 1.45 bits per heavy atom. The molecule has 0 spiro atoms. The zero-order valence-electron chi connectivity index (χ0n) is 7.39. The molecule has 1 aliphatic carbocycles. The second-order valence-corrected chi connectivity index (χ2v) is 3.62. The van der Waals surface area contributed by atoms with E-state index in [0.29, 0.717) is 0 Å². The van der Waals surface area contributed by atoms with Gasteiger partial charge in [0.2, 0.25) is 0 Å². The topological polar surface area (TPSA) is 52.0 Å². The van der Waals surface area contributed by atoms with Gasteiger partial charge in [0.15, 0.2) is 0 Å². The third-order valence-corrected chi connectivity index (χ3v) is 2.15. The van der Waals surface area contributed by atoms with Gasteiger partial charge in [0.05, 0.1) is 5.54 Å². The second-order valence-electron chi connectivity index (χ2n) is 3.62. The molecule has 62 valence electrons. The highest BCUT2D eigenvalue weighted by Gasteiger charge is 2.28. The highest BCUT2D eigenvalue weighted by molar-refractivity contribution is 5.36. The first kappa shape index (κ1) is 8.50. The second kappa shape index (κ2) is 2.47. The summed E-state index contributed by atoms with van der Waals surface area (Å²) in [7, 11) is 0. The monoisotopic (exact) mass is 152 g/mol.